The molecule has 0 saturated carbocycles. The van der Waals surface area contributed by atoms with E-state index in [0.717, 1.165) is 11.3 Å². The molecular formula is C18H16BrClN4O5S2. The molecule has 1 aliphatic rings. The van der Waals surface area contributed by atoms with E-state index in [0.29, 0.717) is 11.5 Å². The van der Waals surface area contributed by atoms with Gasteiger partial charge in [0.1, 0.15) is 11.9 Å². The Morgan fingerprint density at radius 2 is 2.13 bits per heavy atom. The van der Waals surface area contributed by atoms with E-state index in [2.05, 4.69) is 25.6 Å². The van der Waals surface area contributed by atoms with Gasteiger partial charge in [-0.05, 0) is 41.9 Å². The van der Waals surface area contributed by atoms with Gasteiger partial charge in [0.25, 0.3) is 10.0 Å². The smallest absolute Gasteiger partial charge is 0.340 e. The van der Waals surface area contributed by atoms with Crippen LogP contribution in [0.5, 0.6) is 0 Å². The van der Waals surface area contributed by atoms with E-state index in [-0.39, 0.29) is 43.8 Å². The second-order valence-electron chi connectivity index (χ2n) is 6.58. The minimum absolute atomic E-state index is 0.0827. The number of aromatic nitrogens is 1. The van der Waals surface area contributed by atoms with E-state index in [1.165, 1.54) is 12.1 Å². The molecule has 0 atom stereocenters. The van der Waals surface area contributed by atoms with E-state index < -0.39 is 27.8 Å². The van der Waals surface area contributed by atoms with Crippen LogP contribution in [0.3, 0.4) is 0 Å². The lowest BCUT2D eigenvalue weighted by molar-refractivity contribution is -0.123. The summed E-state index contributed by atoms with van der Waals surface area (Å²) in [4.78, 5) is 30.5. The lowest BCUT2D eigenvalue weighted by Crippen LogP contribution is -2.55. The van der Waals surface area contributed by atoms with Gasteiger partial charge in [-0.3, -0.25) is 4.79 Å². The fourth-order valence-corrected chi connectivity index (χ4v) is 6.97. The number of carbonyl (C=O) groups excluding carboxylic acids is 2. The number of nitrogens with zero attached hydrogens (tertiary/aromatic N) is 3. The van der Waals surface area contributed by atoms with Crippen molar-refractivity contribution in [2.45, 2.75) is 18.1 Å². The van der Waals surface area contributed by atoms with Crippen LogP contribution in [0.25, 0.3) is 0 Å². The Balaban J connectivity index is 1.71. The van der Waals surface area contributed by atoms with E-state index in [1.54, 1.807) is 18.7 Å². The maximum absolute atomic E-state index is 12.4. The van der Waals surface area contributed by atoms with Gasteiger partial charge in [0.15, 0.2) is 4.21 Å². The van der Waals surface area contributed by atoms with Crippen molar-refractivity contribution in [3.8, 4) is 6.07 Å². The summed E-state index contributed by atoms with van der Waals surface area (Å²) < 4.78 is 32.4. The van der Waals surface area contributed by atoms with Crippen LogP contribution in [-0.4, -0.2) is 45.0 Å². The van der Waals surface area contributed by atoms with Crippen LogP contribution < -0.4 is 9.62 Å². The molecule has 1 fully saturated rings. The lowest BCUT2D eigenvalue weighted by atomic mass is 9.98. The summed E-state index contributed by atoms with van der Waals surface area (Å²) >= 11 is 9.78. The van der Waals surface area contributed by atoms with Crippen LogP contribution in [0.15, 0.2) is 20.8 Å². The lowest BCUT2D eigenvalue weighted by Gasteiger charge is -2.39. The largest absolute Gasteiger partial charge is 0.462 e. The highest BCUT2D eigenvalue weighted by atomic mass is 79.9. The molecule has 2 aromatic rings. The number of hydrogen-bond donors (Lipinski definition) is 1. The van der Waals surface area contributed by atoms with Gasteiger partial charge >= 0.3 is 5.97 Å². The molecular weight excluding hydrogens is 532 g/mol. The highest BCUT2D eigenvalue weighted by Gasteiger charge is 2.37. The van der Waals surface area contributed by atoms with E-state index in [1.807, 2.05) is 6.07 Å². The van der Waals surface area contributed by atoms with E-state index >= 15 is 0 Å². The normalized spacial score (nSPS) is 14.0. The van der Waals surface area contributed by atoms with Gasteiger partial charge in [-0.2, -0.15) is 5.26 Å². The molecule has 1 amide bonds. The third-order valence-corrected chi connectivity index (χ3v) is 8.76. The Kier molecular flexibility index (Phi) is 6.90. The SMILES string of the molecule is CCOC(=O)c1cc(C#N)c(N2CC(C(=O)NS(=O)(=O)c3sc(Cl)cc3Br)C2)nc1C. The molecule has 3 heterocycles. The Morgan fingerprint density at radius 1 is 1.45 bits per heavy atom. The van der Waals surface area contributed by atoms with Crippen molar-refractivity contribution in [1.29, 1.82) is 5.26 Å². The topological polar surface area (TPSA) is 129 Å². The first-order chi connectivity index (χ1) is 14.6. The van der Waals surface area contributed by atoms with Crippen LogP contribution in [0.4, 0.5) is 5.82 Å². The number of anilines is 1. The second kappa shape index (κ2) is 9.12. The van der Waals surface area contributed by atoms with E-state index in [9.17, 15) is 23.3 Å². The van der Waals surface area contributed by atoms with Crippen molar-refractivity contribution >= 4 is 66.6 Å². The summed E-state index contributed by atoms with van der Waals surface area (Å²) in [5.74, 6) is -1.51. The van der Waals surface area contributed by atoms with Crippen molar-refractivity contribution in [1.82, 2.24) is 9.71 Å². The molecule has 0 radical (unpaired) electrons. The number of carbonyl (C=O) groups is 2. The number of ether oxygens (including phenoxy) is 1. The Morgan fingerprint density at radius 3 is 2.68 bits per heavy atom. The molecule has 2 aromatic heterocycles. The van der Waals surface area contributed by atoms with Gasteiger partial charge in [-0.1, -0.05) is 11.6 Å². The van der Waals surface area contributed by atoms with Gasteiger partial charge in [0.05, 0.1) is 38.2 Å². The summed E-state index contributed by atoms with van der Waals surface area (Å²) in [6.45, 7) is 3.85. The number of amides is 1. The summed E-state index contributed by atoms with van der Waals surface area (Å²) in [5.41, 5.74) is 0.753. The van der Waals surface area contributed by atoms with Gasteiger partial charge in [0.2, 0.25) is 5.91 Å². The number of halogens is 2. The minimum atomic E-state index is -4.06. The molecule has 31 heavy (non-hydrogen) atoms. The number of nitriles is 1. The molecule has 13 heteroatoms. The van der Waals surface area contributed by atoms with Gasteiger partial charge in [-0.15, -0.1) is 11.3 Å². The molecule has 0 aliphatic carbocycles. The van der Waals surface area contributed by atoms with E-state index in [4.69, 9.17) is 16.3 Å². The number of rotatable bonds is 6. The number of sulfonamides is 1. The maximum atomic E-state index is 12.4. The Labute approximate surface area is 196 Å². The maximum Gasteiger partial charge on any atom is 0.340 e. The third kappa shape index (κ3) is 4.85. The second-order valence-corrected chi connectivity index (χ2v) is 11.0. The number of esters is 1. The van der Waals surface area contributed by atoms with Crippen LogP contribution >= 0.6 is 38.9 Å². The summed E-state index contributed by atoms with van der Waals surface area (Å²) in [7, 11) is -4.06. The molecule has 1 saturated heterocycles. The zero-order valence-electron chi connectivity index (χ0n) is 16.3. The van der Waals surface area contributed by atoms with Crippen molar-refractivity contribution in [3.05, 3.63) is 37.8 Å². The highest BCUT2D eigenvalue weighted by Crippen LogP contribution is 2.35. The average molecular weight is 548 g/mol. The molecule has 0 bridgehead atoms. The monoisotopic (exact) mass is 546 g/mol. The van der Waals surface area contributed by atoms with Gasteiger partial charge in [-0.25, -0.2) is 22.9 Å². The number of nitrogens with one attached hydrogen (secondary N) is 1. The van der Waals surface area contributed by atoms with Crippen LogP contribution in [0.2, 0.25) is 4.34 Å². The fourth-order valence-electron chi connectivity index (χ4n) is 2.92. The van der Waals surface area contributed by atoms with Crippen LogP contribution in [0, 0.1) is 24.2 Å². The zero-order chi connectivity index (χ0) is 22.9. The van der Waals surface area contributed by atoms with Crippen molar-refractivity contribution < 1.29 is 22.7 Å². The number of hydrogen-bond acceptors (Lipinski definition) is 9. The first-order valence-electron chi connectivity index (χ1n) is 8.92. The predicted octanol–water partition coefficient (Wildman–Crippen LogP) is 2.86. The first kappa shape index (κ1) is 23.5. The standard InChI is InChI=1S/C18H16BrClN4O5S2/c1-3-29-17(26)12-4-10(6-21)15(22-9(12)2)24-7-11(8-24)16(25)23-31(27,28)18-13(19)5-14(20)30-18/h4-5,11H,3,7-8H2,1-2H3,(H,23,25). The molecule has 164 valence electrons. The van der Waals surface area contributed by atoms with Crippen molar-refractivity contribution in [3.63, 3.8) is 0 Å². The molecule has 0 spiro atoms. The summed E-state index contributed by atoms with van der Waals surface area (Å²) in [5, 5.41) is 9.45. The van der Waals surface area contributed by atoms with Crippen LogP contribution in [0.1, 0.15) is 28.5 Å². The zero-order valence-corrected chi connectivity index (χ0v) is 20.3. The molecule has 3 rings (SSSR count). The Hall–Kier alpha value is -2.20. The number of aryl methyl sites for hydroxylation is 1. The molecule has 1 aliphatic heterocycles. The Bertz CT molecular complexity index is 1200. The predicted molar refractivity (Wildman–Crippen MR) is 118 cm³/mol. The first-order valence-corrected chi connectivity index (χ1v) is 12.4. The average Bonchev–Trinajstić information content (AvgIpc) is 2.99. The quantitative estimate of drug-likeness (QED) is 0.547. The van der Waals surface area contributed by atoms with Gasteiger partial charge in [0, 0.05) is 13.1 Å². The highest BCUT2D eigenvalue weighted by molar-refractivity contribution is 9.10. The number of thiophene rings is 1. The molecule has 1 N–H and O–H groups in total. The number of pyridine rings is 1. The van der Waals surface area contributed by atoms with Crippen LogP contribution in [-0.2, 0) is 19.6 Å². The minimum Gasteiger partial charge on any atom is -0.462 e. The summed E-state index contributed by atoms with van der Waals surface area (Å²) in [6, 6.07) is 4.84. The third-order valence-electron chi connectivity index (χ3n) is 4.47. The van der Waals surface area contributed by atoms with Crippen molar-refractivity contribution in [2.24, 2.45) is 5.92 Å². The molecule has 0 unspecified atom stereocenters. The van der Waals surface area contributed by atoms with Gasteiger partial charge < -0.3 is 9.64 Å². The molecule has 0 aromatic carbocycles. The molecule has 9 nitrogen and oxygen atoms in total. The van der Waals surface area contributed by atoms with Crippen molar-refractivity contribution in [2.75, 3.05) is 24.6 Å². The fraction of sp³-hybridized carbons (Fsp3) is 0.333. The summed E-state index contributed by atoms with van der Waals surface area (Å²) in [6.07, 6.45) is 0.